The number of halogens is 1. The van der Waals surface area contributed by atoms with E-state index in [4.69, 9.17) is 20.8 Å². The summed E-state index contributed by atoms with van der Waals surface area (Å²) in [6, 6.07) is 3.62. The lowest BCUT2D eigenvalue weighted by molar-refractivity contribution is 0.158. The molecule has 3 nitrogen and oxygen atoms in total. The molecule has 0 radical (unpaired) electrons. The Labute approximate surface area is 89.4 Å². The summed E-state index contributed by atoms with van der Waals surface area (Å²) < 4.78 is 10.2. The van der Waals surface area contributed by atoms with E-state index in [-0.39, 0.29) is 0 Å². The third kappa shape index (κ3) is 4.13. The Balaban J connectivity index is 2.15. The van der Waals surface area contributed by atoms with Gasteiger partial charge >= 0.3 is 0 Å². The van der Waals surface area contributed by atoms with Crippen molar-refractivity contribution in [1.29, 1.82) is 0 Å². The predicted molar refractivity (Wildman–Crippen MR) is 56.5 cm³/mol. The Kier molecular flexibility index (Phi) is 5.01. The van der Waals surface area contributed by atoms with Gasteiger partial charge in [-0.3, -0.25) is 0 Å². The Hall–Kier alpha value is -0.510. The summed E-state index contributed by atoms with van der Waals surface area (Å²) in [5.41, 5.74) is 0. The summed E-state index contributed by atoms with van der Waals surface area (Å²) in [6.45, 7) is 4.52. The third-order valence-electron chi connectivity index (χ3n) is 1.87. The van der Waals surface area contributed by atoms with Gasteiger partial charge < -0.3 is 14.5 Å². The highest BCUT2D eigenvalue weighted by Gasteiger charge is 2.02. The standard InChI is InChI=1S/C10H16ClNO2/c1-8(7-13-2)5-12-6-9-3-4-10(11)14-9/h3-4,8,12H,5-7H2,1-2H3. The molecule has 1 rings (SSSR count). The normalized spacial score (nSPS) is 13.1. The number of hydrogen-bond donors (Lipinski definition) is 1. The molecule has 0 saturated heterocycles. The van der Waals surface area contributed by atoms with E-state index in [2.05, 4.69) is 12.2 Å². The molecular weight excluding hydrogens is 202 g/mol. The van der Waals surface area contributed by atoms with E-state index in [9.17, 15) is 0 Å². The Morgan fingerprint density at radius 3 is 2.93 bits per heavy atom. The van der Waals surface area contributed by atoms with Crippen LogP contribution in [0.4, 0.5) is 0 Å². The van der Waals surface area contributed by atoms with Crippen LogP contribution in [0.25, 0.3) is 0 Å². The summed E-state index contributed by atoms with van der Waals surface area (Å²) in [5.74, 6) is 1.37. The molecule has 0 spiro atoms. The lowest BCUT2D eigenvalue weighted by atomic mass is 10.2. The zero-order valence-electron chi connectivity index (χ0n) is 8.55. The lowest BCUT2D eigenvalue weighted by Crippen LogP contribution is -2.23. The van der Waals surface area contributed by atoms with Crippen LogP contribution < -0.4 is 5.32 Å². The van der Waals surface area contributed by atoms with Crippen molar-refractivity contribution in [2.45, 2.75) is 13.5 Å². The van der Waals surface area contributed by atoms with Crippen molar-refractivity contribution in [3.05, 3.63) is 23.1 Å². The fraction of sp³-hybridized carbons (Fsp3) is 0.600. The second-order valence-electron chi connectivity index (χ2n) is 3.40. The smallest absolute Gasteiger partial charge is 0.193 e. The molecule has 0 aromatic carbocycles. The summed E-state index contributed by atoms with van der Waals surface area (Å²) >= 11 is 5.64. The maximum atomic E-state index is 5.64. The molecule has 80 valence electrons. The highest BCUT2D eigenvalue weighted by Crippen LogP contribution is 2.12. The molecule has 0 bridgehead atoms. The van der Waals surface area contributed by atoms with Crippen molar-refractivity contribution in [2.75, 3.05) is 20.3 Å². The van der Waals surface area contributed by atoms with Gasteiger partial charge in [-0.15, -0.1) is 0 Å². The third-order valence-corrected chi connectivity index (χ3v) is 2.08. The van der Waals surface area contributed by atoms with Gasteiger partial charge in [0.15, 0.2) is 5.22 Å². The van der Waals surface area contributed by atoms with E-state index in [1.54, 1.807) is 13.2 Å². The van der Waals surface area contributed by atoms with E-state index in [1.807, 2.05) is 6.07 Å². The predicted octanol–water partition coefficient (Wildman–Crippen LogP) is 2.31. The highest BCUT2D eigenvalue weighted by atomic mass is 35.5. The zero-order valence-corrected chi connectivity index (χ0v) is 9.30. The number of hydrogen-bond acceptors (Lipinski definition) is 3. The van der Waals surface area contributed by atoms with E-state index >= 15 is 0 Å². The average Bonchev–Trinajstić information content (AvgIpc) is 2.52. The fourth-order valence-corrected chi connectivity index (χ4v) is 1.39. The fourth-order valence-electron chi connectivity index (χ4n) is 1.23. The molecule has 1 heterocycles. The highest BCUT2D eigenvalue weighted by molar-refractivity contribution is 6.28. The minimum absolute atomic E-state index is 0.437. The Morgan fingerprint density at radius 2 is 2.36 bits per heavy atom. The van der Waals surface area contributed by atoms with Gasteiger partial charge in [0, 0.05) is 20.3 Å². The van der Waals surface area contributed by atoms with Crippen molar-refractivity contribution >= 4 is 11.6 Å². The molecule has 1 N–H and O–H groups in total. The maximum Gasteiger partial charge on any atom is 0.193 e. The number of methoxy groups -OCH3 is 1. The van der Waals surface area contributed by atoms with Gasteiger partial charge in [0.25, 0.3) is 0 Å². The van der Waals surface area contributed by atoms with Gasteiger partial charge in [-0.25, -0.2) is 0 Å². The maximum absolute atomic E-state index is 5.64. The van der Waals surface area contributed by atoms with Crippen molar-refractivity contribution in [3.63, 3.8) is 0 Å². The Bertz CT molecular complexity index is 262. The Morgan fingerprint density at radius 1 is 1.57 bits per heavy atom. The van der Waals surface area contributed by atoms with Crippen LogP contribution in [0.3, 0.4) is 0 Å². The van der Waals surface area contributed by atoms with Gasteiger partial charge in [-0.2, -0.15) is 0 Å². The summed E-state index contributed by atoms with van der Waals surface area (Å²) in [5, 5.41) is 3.70. The molecule has 14 heavy (non-hydrogen) atoms. The SMILES string of the molecule is COCC(C)CNCc1ccc(Cl)o1. The van der Waals surface area contributed by atoms with E-state index in [1.165, 1.54) is 0 Å². The number of rotatable bonds is 6. The summed E-state index contributed by atoms with van der Waals surface area (Å²) in [4.78, 5) is 0. The monoisotopic (exact) mass is 217 g/mol. The molecule has 1 aromatic rings. The minimum atomic E-state index is 0.437. The van der Waals surface area contributed by atoms with Gasteiger partial charge in [-0.05, 0) is 29.7 Å². The first-order valence-corrected chi connectivity index (χ1v) is 5.04. The van der Waals surface area contributed by atoms with Gasteiger partial charge in [0.2, 0.25) is 0 Å². The lowest BCUT2D eigenvalue weighted by Gasteiger charge is -2.10. The topological polar surface area (TPSA) is 34.4 Å². The van der Waals surface area contributed by atoms with Crippen molar-refractivity contribution in [3.8, 4) is 0 Å². The molecule has 4 heteroatoms. The van der Waals surface area contributed by atoms with Crippen molar-refractivity contribution < 1.29 is 9.15 Å². The molecule has 0 aliphatic carbocycles. The molecule has 0 aliphatic heterocycles. The molecule has 0 aliphatic rings. The first-order chi connectivity index (χ1) is 6.72. The molecule has 1 unspecified atom stereocenters. The van der Waals surface area contributed by atoms with Gasteiger partial charge in [0.1, 0.15) is 5.76 Å². The number of furan rings is 1. The van der Waals surface area contributed by atoms with Crippen LogP contribution in [0.1, 0.15) is 12.7 Å². The second kappa shape index (κ2) is 6.06. The molecular formula is C10H16ClNO2. The van der Waals surface area contributed by atoms with Crippen molar-refractivity contribution in [2.24, 2.45) is 5.92 Å². The first-order valence-electron chi connectivity index (χ1n) is 4.66. The van der Waals surface area contributed by atoms with Crippen LogP contribution in [0.15, 0.2) is 16.5 Å². The van der Waals surface area contributed by atoms with Gasteiger partial charge in [0.05, 0.1) is 6.54 Å². The van der Waals surface area contributed by atoms with Crippen LogP contribution in [-0.2, 0) is 11.3 Å². The molecule has 0 saturated carbocycles. The number of nitrogens with one attached hydrogen (secondary N) is 1. The van der Waals surface area contributed by atoms with Crippen LogP contribution >= 0.6 is 11.6 Å². The second-order valence-corrected chi connectivity index (χ2v) is 3.77. The molecule has 1 aromatic heterocycles. The molecule has 0 amide bonds. The van der Waals surface area contributed by atoms with E-state index in [0.29, 0.717) is 17.7 Å². The largest absolute Gasteiger partial charge is 0.448 e. The first kappa shape index (κ1) is 11.6. The van der Waals surface area contributed by atoms with Crippen LogP contribution in [0, 0.1) is 5.92 Å². The summed E-state index contributed by atoms with van der Waals surface area (Å²) in [6.07, 6.45) is 0. The van der Waals surface area contributed by atoms with E-state index < -0.39 is 0 Å². The van der Waals surface area contributed by atoms with Crippen LogP contribution in [0.2, 0.25) is 5.22 Å². The van der Waals surface area contributed by atoms with Gasteiger partial charge in [-0.1, -0.05) is 6.92 Å². The van der Waals surface area contributed by atoms with Crippen LogP contribution in [-0.4, -0.2) is 20.3 Å². The van der Waals surface area contributed by atoms with E-state index in [0.717, 1.165) is 18.9 Å². The average molecular weight is 218 g/mol. The summed E-state index contributed by atoms with van der Waals surface area (Å²) in [7, 11) is 1.71. The zero-order chi connectivity index (χ0) is 10.4. The quantitative estimate of drug-likeness (QED) is 0.794. The number of ether oxygens (including phenoxy) is 1. The molecule has 0 fully saturated rings. The van der Waals surface area contributed by atoms with Crippen LogP contribution in [0.5, 0.6) is 0 Å². The van der Waals surface area contributed by atoms with Crippen molar-refractivity contribution in [1.82, 2.24) is 5.32 Å². The molecule has 1 atom stereocenters. The minimum Gasteiger partial charge on any atom is -0.448 e.